The SMILES string of the molecule is CCOC(=O)C1=C(CN2C[C@@H](C)C[C@H](C)C2)NC(=O)N[C@H]1c1ccc2c(c1)OCO2. The molecule has 1 saturated heterocycles. The summed E-state index contributed by atoms with van der Waals surface area (Å²) >= 11 is 0. The number of amides is 2. The van der Waals surface area contributed by atoms with Gasteiger partial charge in [-0.1, -0.05) is 19.9 Å². The Kier molecular flexibility index (Phi) is 5.85. The fourth-order valence-corrected chi connectivity index (χ4v) is 4.68. The van der Waals surface area contributed by atoms with E-state index < -0.39 is 12.0 Å². The van der Waals surface area contributed by atoms with Crippen LogP contribution in [0.5, 0.6) is 11.5 Å². The molecule has 30 heavy (non-hydrogen) atoms. The fraction of sp³-hybridized carbons (Fsp3) is 0.545. The first-order chi connectivity index (χ1) is 14.4. The number of esters is 1. The van der Waals surface area contributed by atoms with E-state index in [9.17, 15) is 9.59 Å². The minimum Gasteiger partial charge on any atom is -0.463 e. The Balaban J connectivity index is 1.69. The summed E-state index contributed by atoms with van der Waals surface area (Å²) in [7, 11) is 0. The van der Waals surface area contributed by atoms with Crippen molar-refractivity contribution in [2.24, 2.45) is 11.8 Å². The fourth-order valence-electron chi connectivity index (χ4n) is 4.68. The molecule has 3 aliphatic heterocycles. The van der Waals surface area contributed by atoms with Gasteiger partial charge in [0, 0.05) is 25.3 Å². The third kappa shape index (κ3) is 4.23. The maximum absolute atomic E-state index is 13.0. The van der Waals surface area contributed by atoms with Crippen LogP contribution in [-0.4, -0.2) is 49.9 Å². The van der Waals surface area contributed by atoms with E-state index in [0.717, 1.165) is 18.7 Å². The summed E-state index contributed by atoms with van der Waals surface area (Å²) in [5.74, 6) is 1.96. The number of ether oxygens (including phenoxy) is 3. The standard InChI is InChI=1S/C22H29N3O5/c1-4-28-21(26)19-16(11-25-9-13(2)7-14(3)10-25)23-22(27)24-20(19)15-5-6-17-18(8-15)30-12-29-17/h5-6,8,13-14,20H,4,7,9-12H2,1-3H3,(H2,23,24,27)/t13-,14-,20-/m0/s1. The minimum absolute atomic E-state index is 0.161. The monoisotopic (exact) mass is 415 g/mol. The number of carbonyl (C=O) groups is 2. The molecular weight excluding hydrogens is 386 g/mol. The van der Waals surface area contributed by atoms with Crippen LogP contribution in [0.25, 0.3) is 0 Å². The first kappa shape index (κ1) is 20.5. The Morgan fingerprint density at radius 2 is 1.93 bits per heavy atom. The summed E-state index contributed by atoms with van der Waals surface area (Å²) in [5.41, 5.74) is 1.78. The Labute approximate surface area is 176 Å². The van der Waals surface area contributed by atoms with Crippen molar-refractivity contribution >= 4 is 12.0 Å². The van der Waals surface area contributed by atoms with E-state index in [0.29, 0.717) is 41.1 Å². The van der Waals surface area contributed by atoms with Crippen molar-refractivity contribution in [2.75, 3.05) is 33.0 Å². The number of nitrogens with one attached hydrogen (secondary N) is 2. The highest BCUT2D eigenvalue weighted by Gasteiger charge is 2.35. The van der Waals surface area contributed by atoms with Gasteiger partial charge in [-0.3, -0.25) is 4.90 Å². The summed E-state index contributed by atoms with van der Waals surface area (Å²) in [6.07, 6.45) is 1.19. The highest BCUT2D eigenvalue weighted by atomic mass is 16.7. The molecule has 0 saturated carbocycles. The van der Waals surface area contributed by atoms with E-state index in [2.05, 4.69) is 29.4 Å². The van der Waals surface area contributed by atoms with Gasteiger partial charge in [-0.05, 0) is 42.9 Å². The number of carbonyl (C=O) groups excluding carboxylic acids is 2. The van der Waals surface area contributed by atoms with Gasteiger partial charge in [0.05, 0.1) is 18.2 Å². The van der Waals surface area contributed by atoms with Crippen molar-refractivity contribution < 1.29 is 23.8 Å². The van der Waals surface area contributed by atoms with Gasteiger partial charge in [0.15, 0.2) is 11.5 Å². The van der Waals surface area contributed by atoms with Gasteiger partial charge < -0.3 is 24.8 Å². The molecule has 3 atom stereocenters. The molecule has 162 valence electrons. The molecule has 1 fully saturated rings. The molecule has 2 amide bonds. The number of hydrogen-bond donors (Lipinski definition) is 2. The van der Waals surface area contributed by atoms with E-state index in [1.165, 1.54) is 6.42 Å². The van der Waals surface area contributed by atoms with Crippen molar-refractivity contribution in [1.82, 2.24) is 15.5 Å². The summed E-state index contributed by atoms with van der Waals surface area (Å²) in [6.45, 7) is 9.03. The topological polar surface area (TPSA) is 89.1 Å². The van der Waals surface area contributed by atoms with Gasteiger partial charge >= 0.3 is 12.0 Å². The maximum atomic E-state index is 13.0. The third-order valence-electron chi connectivity index (χ3n) is 5.71. The second-order valence-electron chi connectivity index (χ2n) is 8.40. The van der Waals surface area contributed by atoms with Crippen LogP contribution < -0.4 is 20.1 Å². The molecule has 0 unspecified atom stereocenters. The second kappa shape index (κ2) is 8.55. The summed E-state index contributed by atoms with van der Waals surface area (Å²) < 4.78 is 16.2. The number of piperidine rings is 1. The van der Waals surface area contributed by atoms with Crippen LogP contribution in [0, 0.1) is 11.8 Å². The lowest BCUT2D eigenvalue weighted by Gasteiger charge is -2.37. The summed E-state index contributed by atoms with van der Waals surface area (Å²) in [4.78, 5) is 27.8. The minimum atomic E-state index is -0.623. The number of hydrogen-bond acceptors (Lipinski definition) is 6. The average Bonchev–Trinajstić information content (AvgIpc) is 3.14. The first-order valence-corrected chi connectivity index (χ1v) is 10.5. The largest absolute Gasteiger partial charge is 0.463 e. The molecule has 0 radical (unpaired) electrons. The van der Waals surface area contributed by atoms with E-state index >= 15 is 0 Å². The molecule has 0 aromatic heterocycles. The van der Waals surface area contributed by atoms with Gasteiger partial charge in [-0.2, -0.15) is 0 Å². The van der Waals surface area contributed by atoms with Crippen molar-refractivity contribution in [1.29, 1.82) is 0 Å². The average molecular weight is 415 g/mol. The molecule has 3 aliphatic rings. The zero-order valence-electron chi connectivity index (χ0n) is 17.7. The van der Waals surface area contributed by atoms with Crippen LogP contribution >= 0.6 is 0 Å². The summed E-state index contributed by atoms with van der Waals surface area (Å²) in [5, 5.41) is 5.74. The Morgan fingerprint density at radius 1 is 1.20 bits per heavy atom. The molecule has 4 rings (SSSR count). The number of likely N-dealkylation sites (tertiary alicyclic amines) is 1. The lowest BCUT2D eigenvalue weighted by atomic mass is 9.91. The molecule has 0 bridgehead atoms. The number of benzene rings is 1. The number of urea groups is 1. The smallest absolute Gasteiger partial charge is 0.338 e. The van der Waals surface area contributed by atoms with Gasteiger partial charge in [0.25, 0.3) is 0 Å². The number of nitrogens with zero attached hydrogens (tertiary/aromatic N) is 1. The zero-order valence-corrected chi connectivity index (χ0v) is 17.7. The Hall–Kier alpha value is -2.74. The molecule has 3 heterocycles. The third-order valence-corrected chi connectivity index (χ3v) is 5.71. The molecule has 8 nitrogen and oxygen atoms in total. The van der Waals surface area contributed by atoms with Crippen molar-refractivity contribution in [3.05, 3.63) is 35.0 Å². The van der Waals surface area contributed by atoms with Gasteiger partial charge in [-0.25, -0.2) is 9.59 Å². The highest BCUT2D eigenvalue weighted by molar-refractivity contribution is 5.95. The van der Waals surface area contributed by atoms with E-state index in [-0.39, 0.29) is 19.4 Å². The molecule has 1 aromatic rings. The molecule has 0 spiro atoms. The van der Waals surface area contributed by atoms with Crippen LogP contribution in [0.4, 0.5) is 4.79 Å². The zero-order chi connectivity index (χ0) is 21.3. The van der Waals surface area contributed by atoms with Gasteiger partial charge in [0.1, 0.15) is 0 Å². The lowest BCUT2D eigenvalue weighted by Crippen LogP contribution is -2.50. The molecule has 0 aliphatic carbocycles. The normalized spacial score (nSPS) is 26.2. The van der Waals surface area contributed by atoms with Crippen molar-refractivity contribution in [3.8, 4) is 11.5 Å². The van der Waals surface area contributed by atoms with Crippen LogP contribution in [0.1, 0.15) is 38.8 Å². The quantitative estimate of drug-likeness (QED) is 0.719. The van der Waals surface area contributed by atoms with Gasteiger partial charge in [-0.15, -0.1) is 0 Å². The van der Waals surface area contributed by atoms with Crippen LogP contribution in [0.15, 0.2) is 29.5 Å². The van der Waals surface area contributed by atoms with Crippen molar-refractivity contribution in [2.45, 2.75) is 33.2 Å². The second-order valence-corrected chi connectivity index (χ2v) is 8.40. The number of fused-ring (bicyclic) bond motifs is 1. The predicted octanol–water partition coefficient (Wildman–Crippen LogP) is 2.56. The van der Waals surface area contributed by atoms with Crippen molar-refractivity contribution in [3.63, 3.8) is 0 Å². The predicted molar refractivity (Wildman–Crippen MR) is 110 cm³/mol. The molecule has 1 aromatic carbocycles. The van der Waals surface area contributed by atoms with E-state index in [1.54, 1.807) is 19.1 Å². The summed E-state index contributed by atoms with van der Waals surface area (Å²) in [6, 6.07) is 4.48. The van der Waals surface area contributed by atoms with E-state index in [1.807, 2.05) is 6.07 Å². The Bertz CT molecular complexity index is 858. The van der Waals surface area contributed by atoms with E-state index in [4.69, 9.17) is 14.2 Å². The van der Waals surface area contributed by atoms with Gasteiger partial charge in [0.2, 0.25) is 6.79 Å². The van der Waals surface area contributed by atoms with Crippen LogP contribution in [0.3, 0.4) is 0 Å². The van der Waals surface area contributed by atoms with Crippen LogP contribution in [0.2, 0.25) is 0 Å². The first-order valence-electron chi connectivity index (χ1n) is 10.5. The Morgan fingerprint density at radius 3 is 2.67 bits per heavy atom. The van der Waals surface area contributed by atoms with Crippen LogP contribution in [-0.2, 0) is 9.53 Å². The number of rotatable bonds is 5. The molecule has 8 heteroatoms. The lowest BCUT2D eigenvalue weighted by molar-refractivity contribution is -0.139. The highest BCUT2D eigenvalue weighted by Crippen LogP contribution is 2.37. The maximum Gasteiger partial charge on any atom is 0.338 e. The molecular formula is C22H29N3O5. The molecule has 2 N–H and O–H groups in total.